The molecule has 126 valence electrons. The van der Waals surface area contributed by atoms with Gasteiger partial charge in [-0.05, 0) is 29.3 Å². The van der Waals surface area contributed by atoms with E-state index in [4.69, 9.17) is 18.9 Å². The topological polar surface area (TPSA) is 66.0 Å². The van der Waals surface area contributed by atoms with E-state index in [2.05, 4.69) is 17.5 Å². The molecule has 1 fully saturated rings. The number of carbonyl (C=O) groups excluding carboxylic acids is 1. The monoisotopic (exact) mass is 329 g/mol. The quantitative estimate of drug-likeness (QED) is 0.621. The van der Waals surface area contributed by atoms with Gasteiger partial charge in [0.25, 0.3) is 0 Å². The molecule has 4 aliphatic rings. The molecule has 0 radical (unpaired) electrons. The molecule has 1 saturated heterocycles. The molecule has 0 amide bonds. The molecule has 0 bridgehead atoms. The van der Waals surface area contributed by atoms with Crippen LogP contribution in [-0.4, -0.2) is 37.6 Å². The maximum absolute atomic E-state index is 11.3. The van der Waals surface area contributed by atoms with Crippen molar-refractivity contribution in [3.05, 3.63) is 35.4 Å². The summed E-state index contributed by atoms with van der Waals surface area (Å²) in [5.74, 6) is 1.33. The van der Waals surface area contributed by atoms with Crippen LogP contribution in [0.4, 0.5) is 0 Å². The van der Waals surface area contributed by atoms with Crippen molar-refractivity contribution in [1.82, 2.24) is 5.32 Å². The fraction of sp³-hybridized carbons (Fsp3) is 0.500. The van der Waals surface area contributed by atoms with Gasteiger partial charge < -0.3 is 24.3 Å². The summed E-state index contributed by atoms with van der Waals surface area (Å²) in [5.41, 5.74) is 2.13. The van der Waals surface area contributed by atoms with Gasteiger partial charge in [0.15, 0.2) is 11.5 Å². The molecule has 3 heterocycles. The summed E-state index contributed by atoms with van der Waals surface area (Å²) in [6, 6.07) is 4.30. The van der Waals surface area contributed by atoms with Crippen LogP contribution in [0.5, 0.6) is 11.5 Å². The lowest BCUT2D eigenvalue weighted by molar-refractivity contribution is -0.145. The highest BCUT2D eigenvalue weighted by molar-refractivity contribution is 5.66. The Morgan fingerprint density at radius 3 is 3.00 bits per heavy atom. The van der Waals surface area contributed by atoms with E-state index in [0.29, 0.717) is 6.61 Å². The molecule has 0 saturated carbocycles. The van der Waals surface area contributed by atoms with Crippen molar-refractivity contribution in [2.45, 2.75) is 43.6 Å². The van der Waals surface area contributed by atoms with Crippen LogP contribution in [0.1, 0.15) is 24.5 Å². The van der Waals surface area contributed by atoms with Crippen LogP contribution >= 0.6 is 0 Å². The van der Waals surface area contributed by atoms with Crippen LogP contribution in [0.25, 0.3) is 0 Å². The maximum atomic E-state index is 11.3. The Morgan fingerprint density at radius 1 is 1.33 bits per heavy atom. The maximum Gasteiger partial charge on any atom is 0.303 e. The SMILES string of the molecule is CC(=O)O[C@@H]1C=C[C@@]23c4cc5c(cc4CO[C@@H]2CNC3C1)OCO5. The molecule has 5 rings (SSSR count). The third-order valence-electron chi connectivity index (χ3n) is 5.54. The zero-order valence-electron chi connectivity index (χ0n) is 13.4. The number of esters is 1. The molecule has 1 aromatic rings. The lowest BCUT2D eigenvalue weighted by atomic mass is 9.66. The summed E-state index contributed by atoms with van der Waals surface area (Å²) >= 11 is 0. The fourth-order valence-corrected chi connectivity index (χ4v) is 4.54. The number of nitrogens with one attached hydrogen (secondary N) is 1. The average Bonchev–Trinajstić information content (AvgIpc) is 3.16. The van der Waals surface area contributed by atoms with Crippen molar-refractivity contribution in [3.8, 4) is 11.5 Å². The van der Waals surface area contributed by atoms with E-state index in [0.717, 1.165) is 30.0 Å². The lowest BCUT2D eigenvalue weighted by Crippen LogP contribution is -2.51. The number of hydrogen-bond donors (Lipinski definition) is 1. The molecule has 1 aromatic carbocycles. The normalized spacial score (nSPS) is 35.1. The van der Waals surface area contributed by atoms with E-state index in [1.165, 1.54) is 12.5 Å². The van der Waals surface area contributed by atoms with Crippen molar-refractivity contribution < 1.29 is 23.7 Å². The van der Waals surface area contributed by atoms with Gasteiger partial charge in [-0.25, -0.2) is 0 Å². The molecule has 0 aromatic heterocycles. The number of ether oxygens (including phenoxy) is 4. The van der Waals surface area contributed by atoms with E-state index in [-0.39, 0.29) is 36.4 Å². The zero-order chi connectivity index (χ0) is 16.3. The molecule has 1 unspecified atom stereocenters. The Morgan fingerprint density at radius 2 is 2.17 bits per heavy atom. The van der Waals surface area contributed by atoms with Gasteiger partial charge in [-0.1, -0.05) is 6.08 Å². The molecule has 3 aliphatic heterocycles. The Labute approximate surface area is 139 Å². The van der Waals surface area contributed by atoms with Crippen molar-refractivity contribution in [3.63, 3.8) is 0 Å². The van der Waals surface area contributed by atoms with Crippen LogP contribution in [-0.2, 0) is 26.3 Å². The third kappa shape index (κ3) is 1.87. The van der Waals surface area contributed by atoms with Gasteiger partial charge in [-0.15, -0.1) is 0 Å². The average molecular weight is 329 g/mol. The van der Waals surface area contributed by atoms with E-state index >= 15 is 0 Å². The second-order valence-electron chi connectivity index (χ2n) is 6.80. The molecule has 24 heavy (non-hydrogen) atoms. The van der Waals surface area contributed by atoms with Crippen LogP contribution in [0.2, 0.25) is 0 Å². The Hall–Kier alpha value is -2.05. The largest absolute Gasteiger partial charge is 0.458 e. The molecule has 1 N–H and O–H groups in total. The number of benzene rings is 1. The Balaban J connectivity index is 1.61. The van der Waals surface area contributed by atoms with Gasteiger partial charge in [0.2, 0.25) is 6.79 Å². The standard InChI is InChI=1S/C18H19NO5/c1-10(20)24-12-2-3-18-13-6-15-14(22-9-23-15)4-11(13)8-21-17(18)7-19-16(18)5-12/h2-4,6,12,16-17,19H,5,7-9H2,1H3/t12-,16?,17-,18+/m1/s1. The van der Waals surface area contributed by atoms with Crippen molar-refractivity contribution in [2.75, 3.05) is 13.3 Å². The highest BCUT2D eigenvalue weighted by Crippen LogP contribution is 2.50. The second kappa shape index (κ2) is 4.97. The fourth-order valence-electron chi connectivity index (χ4n) is 4.54. The van der Waals surface area contributed by atoms with Crippen LogP contribution in [0.15, 0.2) is 24.3 Å². The Bertz CT molecular complexity index is 745. The van der Waals surface area contributed by atoms with Crippen LogP contribution in [0, 0.1) is 0 Å². The molecule has 1 spiro atoms. The second-order valence-corrected chi connectivity index (χ2v) is 6.80. The first-order valence-electron chi connectivity index (χ1n) is 8.31. The number of fused-ring (bicyclic) bond motifs is 2. The van der Waals surface area contributed by atoms with Gasteiger partial charge in [-0.3, -0.25) is 4.79 Å². The van der Waals surface area contributed by atoms with Crippen molar-refractivity contribution in [2.24, 2.45) is 0 Å². The van der Waals surface area contributed by atoms with Crippen LogP contribution < -0.4 is 14.8 Å². The highest BCUT2D eigenvalue weighted by atomic mass is 16.7. The summed E-state index contributed by atoms with van der Waals surface area (Å²) in [4.78, 5) is 11.3. The van der Waals surface area contributed by atoms with Crippen molar-refractivity contribution in [1.29, 1.82) is 0 Å². The molecule has 1 aliphatic carbocycles. The summed E-state index contributed by atoms with van der Waals surface area (Å²) in [7, 11) is 0. The van der Waals surface area contributed by atoms with E-state index < -0.39 is 0 Å². The minimum atomic E-state index is -0.251. The number of carbonyl (C=O) groups is 1. The lowest BCUT2D eigenvalue weighted by Gasteiger charge is -2.44. The highest BCUT2D eigenvalue weighted by Gasteiger charge is 2.55. The first-order valence-corrected chi connectivity index (χ1v) is 8.31. The first-order chi connectivity index (χ1) is 11.7. The molecular weight excluding hydrogens is 310 g/mol. The third-order valence-corrected chi connectivity index (χ3v) is 5.54. The summed E-state index contributed by atoms with van der Waals surface area (Å²) in [6.07, 6.45) is 4.79. The summed E-state index contributed by atoms with van der Waals surface area (Å²) < 4.78 is 22.6. The molecule has 6 nitrogen and oxygen atoms in total. The molecule has 4 atom stereocenters. The van der Waals surface area contributed by atoms with Gasteiger partial charge in [-0.2, -0.15) is 0 Å². The van der Waals surface area contributed by atoms with E-state index in [9.17, 15) is 4.79 Å². The predicted octanol–water partition coefficient (Wildman–Crippen LogP) is 1.42. The van der Waals surface area contributed by atoms with Crippen LogP contribution in [0.3, 0.4) is 0 Å². The minimum absolute atomic E-state index is 0.0740. The van der Waals surface area contributed by atoms with Crippen molar-refractivity contribution >= 4 is 5.97 Å². The summed E-state index contributed by atoms with van der Waals surface area (Å²) in [5, 5.41) is 3.56. The minimum Gasteiger partial charge on any atom is -0.458 e. The summed E-state index contributed by atoms with van der Waals surface area (Å²) in [6.45, 7) is 3.08. The van der Waals surface area contributed by atoms with E-state index in [1.54, 1.807) is 0 Å². The number of rotatable bonds is 1. The molecule has 6 heteroatoms. The van der Waals surface area contributed by atoms with Gasteiger partial charge in [0, 0.05) is 25.9 Å². The molecular formula is C18H19NO5. The van der Waals surface area contributed by atoms with Gasteiger partial charge in [0.05, 0.1) is 18.1 Å². The predicted molar refractivity (Wildman–Crippen MR) is 83.9 cm³/mol. The van der Waals surface area contributed by atoms with E-state index in [1.807, 2.05) is 12.1 Å². The Kier molecular flexibility index (Phi) is 2.96. The van der Waals surface area contributed by atoms with Gasteiger partial charge >= 0.3 is 5.97 Å². The first kappa shape index (κ1) is 14.3. The number of hydrogen-bond acceptors (Lipinski definition) is 6. The van der Waals surface area contributed by atoms with Gasteiger partial charge in [0.1, 0.15) is 6.10 Å². The smallest absolute Gasteiger partial charge is 0.303 e. The zero-order valence-corrected chi connectivity index (χ0v) is 13.4.